The largest absolute Gasteiger partial charge is 0.325 e. The molecule has 0 heterocycles. The van der Waals surface area contributed by atoms with Crippen LogP contribution in [0.1, 0.15) is 38.3 Å². The summed E-state index contributed by atoms with van der Waals surface area (Å²) < 4.78 is 0. The summed E-state index contributed by atoms with van der Waals surface area (Å²) in [5.41, 5.74) is 9.00. The van der Waals surface area contributed by atoms with Crippen LogP contribution < -0.4 is 5.73 Å². The molecule has 1 aromatic rings. The van der Waals surface area contributed by atoms with Crippen LogP contribution in [0.4, 0.5) is 0 Å². The fraction of sp³-hybridized carbons (Fsp3) is 0.571. The molecule has 0 aliphatic carbocycles. The zero-order chi connectivity index (χ0) is 11.5. The second-order valence-corrected chi connectivity index (χ2v) is 4.90. The molecule has 84 valence electrons. The minimum atomic E-state index is -0.0603. The summed E-state index contributed by atoms with van der Waals surface area (Å²) in [6.07, 6.45) is 2.00. The molecule has 0 amide bonds. The van der Waals surface area contributed by atoms with Crippen LogP contribution in [-0.4, -0.2) is 5.54 Å². The van der Waals surface area contributed by atoms with E-state index in [1.807, 2.05) is 0 Å². The van der Waals surface area contributed by atoms with Crippen molar-refractivity contribution in [3.63, 3.8) is 0 Å². The van der Waals surface area contributed by atoms with E-state index in [0.29, 0.717) is 5.92 Å². The average Bonchev–Trinajstić information content (AvgIpc) is 2.21. The van der Waals surface area contributed by atoms with Gasteiger partial charge in [0, 0.05) is 5.54 Å². The van der Waals surface area contributed by atoms with Crippen LogP contribution in [0.2, 0.25) is 0 Å². The summed E-state index contributed by atoms with van der Waals surface area (Å²) in [6.45, 7) is 8.70. The Bertz CT molecular complexity index is 300. The lowest BCUT2D eigenvalue weighted by Gasteiger charge is -2.32. The third kappa shape index (κ3) is 3.07. The molecule has 1 heteroatoms. The van der Waals surface area contributed by atoms with E-state index < -0.39 is 0 Å². The first kappa shape index (κ1) is 12.3. The SMILES string of the molecule is CCC(N)(Cc1ccc(C)cc1)C(C)C. The van der Waals surface area contributed by atoms with Crippen LogP contribution in [0.25, 0.3) is 0 Å². The lowest BCUT2D eigenvalue weighted by molar-refractivity contribution is 0.296. The molecule has 0 fully saturated rings. The number of benzene rings is 1. The monoisotopic (exact) mass is 205 g/mol. The van der Waals surface area contributed by atoms with Crippen LogP contribution in [0.5, 0.6) is 0 Å². The van der Waals surface area contributed by atoms with Crippen molar-refractivity contribution in [2.24, 2.45) is 11.7 Å². The predicted molar refractivity (Wildman–Crippen MR) is 66.9 cm³/mol. The highest BCUT2D eigenvalue weighted by Crippen LogP contribution is 2.23. The van der Waals surface area contributed by atoms with Crippen LogP contribution in [0, 0.1) is 12.8 Å². The Balaban J connectivity index is 2.79. The van der Waals surface area contributed by atoms with Crippen molar-refractivity contribution in [1.82, 2.24) is 0 Å². The Labute approximate surface area is 93.7 Å². The fourth-order valence-electron chi connectivity index (χ4n) is 1.82. The van der Waals surface area contributed by atoms with Gasteiger partial charge in [0.05, 0.1) is 0 Å². The van der Waals surface area contributed by atoms with E-state index in [1.165, 1.54) is 11.1 Å². The topological polar surface area (TPSA) is 26.0 Å². The van der Waals surface area contributed by atoms with E-state index in [0.717, 1.165) is 12.8 Å². The summed E-state index contributed by atoms with van der Waals surface area (Å²) in [5.74, 6) is 0.517. The quantitative estimate of drug-likeness (QED) is 0.802. The molecule has 0 aliphatic heterocycles. The van der Waals surface area contributed by atoms with Gasteiger partial charge in [0.15, 0.2) is 0 Å². The van der Waals surface area contributed by atoms with Crippen molar-refractivity contribution in [3.8, 4) is 0 Å². The molecule has 0 radical (unpaired) electrons. The molecule has 0 aromatic heterocycles. The standard InChI is InChI=1S/C14H23N/c1-5-14(15,11(2)3)10-13-8-6-12(4)7-9-13/h6-9,11H,5,10,15H2,1-4H3. The highest BCUT2D eigenvalue weighted by atomic mass is 14.7. The fourth-order valence-corrected chi connectivity index (χ4v) is 1.82. The van der Waals surface area contributed by atoms with E-state index >= 15 is 0 Å². The Morgan fingerprint density at radius 1 is 1.20 bits per heavy atom. The molecule has 0 bridgehead atoms. The Morgan fingerprint density at radius 3 is 2.13 bits per heavy atom. The maximum Gasteiger partial charge on any atom is 0.0215 e. The lowest BCUT2D eigenvalue weighted by atomic mass is 9.80. The molecule has 0 saturated heterocycles. The zero-order valence-electron chi connectivity index (χ0n) is 10.4. The van der Waals surface area contributed by atoms with Crippen molar-refractivity contribution in [3.05, 3.63) is 35.4 Å². The van der Waals surface area contributed by atoms with Crippen molar-refractivity contribution >= 4 is 0 Å². The number of nitrogens with two attached hydrogens (primary N) is 1. The van der Waals surface area contributed by atoms with Crippen LogP contribution in [0.3, 0.4) is 0 Å². The lowest BCUT2D eigenvalue weighted by Crippen LogP contribution is -2.46. The molecule has 1 unspecified atom stereocenters. The van der Waals surface area contributed by atoms with Crippen LogP contribution in [0.15, 0.2) is 24.3 Å². The van der Waals surface area contributed by atoms with Gasteiger partial charge in [-0.05, 0) is 31.2 Å². The first-order valence-corrected chi connectivity index (χ1v) is 5.82. The van der Waals surface area contributed by atoms with E-state index in [2.05, 4.69) is 52.0 Å². The minimum absolute atomic E-state index is 0.0603. The molecule has 0 aliphatic rings. The molecule has 0 saturated carbocycles. The predicted octanol–water partition coefficient (Wildman–Crippen LogP) is 3.30. The first-order chi connectivity index (χ1) is 6.98. The van der Waals surface area contributed by atoms with E-state index in [-0.39, 0.29) is 5.54 Å². The van der Waals surface area contributed by atoms with Crippen LogP contribution >= 0.6 is 0 Å². The molecule has 1 rings (SSSR count). The highest BCUT2D eigenvalue weighted by molar-refractivity contribution is 5.23. The van der Waals surface area contributed by atoms with Gasteiger partial charge >= 0.3 is 0 Å². The second kappa shape index (κ2) is 4.80. The van der Waals surface area contributed by atoms with Crippen molar-refractivity contribution in [2.45, 2.75) is 46.1 Å². The molecule has 2 N–H and O–H groups in total. The molecule has 15 heavy (non-hydrogen) atoms. The number of aryl methyl sites for hydroxylation is 1. The Kier molecular flexibility index (Phi) is 3.92. The highest BCUT2D eigenvalue weighted by Gasteiger charge is 2.26. The molecular weight excluding hydrogens is 182 g/mol. The van der Waals surface area contributed by atoms with Gasteiger partial charge in [0.25, 0.3) is 0 Å². The number of hydrogen-bond acceptors (Lipinski definition) is 1. The van der Waals surface area contributed by atoms with Crippen molar-refractivity contribution in [1.29, 1.82) is 0 Å². The van der Waals surface area contributed by atoms with Gasteiger partial charge in [-0.2, -0.15) is 0 Å². The van der Waals surface area contributed by atoms with Gasteiger partial charge in [-0.15, -0.1) is 0 Å². The smallest absolute Gasteiger partial charge is 0.0215 e. The maximum atomic E-state index is 6.41. The van der Waals surface area contributed by atoms with Gasteiger partial charge in [0.1, 0.15) is 0 Å². The summed E-state index contributed by atoms with van der Waals surface area (Å²) >= 11 is 0. The summed E-state index contributed by atoms with van der Waals surface area (Å²) in [7, 11) is 0. The Hall–Kier alpha value is -0.820. The second-order valence-electron chi connectivity index (χ2n) is 4.90. The molecule has 1 nitrogen and oxygen atoms in total. The van der Waals surface area contributed by atoms with E-state index in [4.69, 9.17) is 5.73 Å². The zero-order valence-corrected chi connectivity index (χ0v) is 10.4. The number of hydrogen-bond donors (Lipinski definition) is 1. The summed E-state index contributed by atoms with van der Waals surface area (Å²) in [4.78, 5) is 0. The third-order valence-electron chi connectivity index (χ3n) is 3.46. The van der Waals surface area contributed by atoms with Crippen molar-refractivity contribution < 1.29 is 0 Å². The summed E-state index contributed by atoms with van der Waals surface area (Å²) in [6, 6.07) is 8.70. The Morgan fingerprint density at radius 2 is 1.73 bits per heavy atom. The molecule has 0 spiro atoms. The molecular formula is C14H23N. The normalized spacial score (nSPS) is 15.3. The number of rotatable bonds is 4. The third-order valence-corrected chi connectivity index (χ3v) is 3.46. The van der Waals surface area contributed by atoms with Gasteiger partial charge in [-0.25, -0.2) is 0 Å². The van der Waals surface area contributed by atoms with Gasteiger partial charge < -0.3 is 5.73 Å². The van der Waals surface area contributed by atoms with Gasteiger partial charge in [-0.1, -0.05) is 50.6 Å². The van der Waals surface area contributed by atoms with Crippen molar-refractivity contribution in [2.75, 3.05) is 0 Å². The molecule has 1 aromatic carbocycles. The van der Waals surface area contributed by atoms with Crippen LogP contribution in [-0.2, 0) is 6.42 Å². The van der Waals surface area contributed by atoms with E-state index in [9.17, 15) is 0 Å². The van der Waals surface area contributed by atoms with Gasteiger partial charge in [-0.3, -0.25) is 0 Å². The summed E-state index contributed by atoms with van der Waals surface area (Å²) in [5, 5.41) is 0. The van der Waals surface area contributed by atoms with Gasteiger partial charge in [0.2, 0.25) is 0 Å². The first-order valence-electron chi connectivity index (χ1n) is 5.82. The van der Waals surface area contributed by atoms with E-state index in [1.54, 1.807) is 0 Å². The molecule has 1 atom stereocenters. The minimum Gasteiger partial charge on any atom is -0.325 e. The average molecular weight is 205 g/mol. The maximum absolute atomic E-state index is 6.41.